The van der Waals surface area contributed by atoms with Crippen LogP contribution in [-0.2, 0) is 4.74 Å². The number of methoxy groups -OCH3 is 1. The van der Waals surface area contributed by atoms with Crippen LogP contribution in [0, 0.1) is 0 Å². The number of esters is 1. The SMILES string of the molecule is COC(=O)c1cccnc1Nc1nc(-c2ccc3c(c2)OCCO3)cc2nccn12. The molecule has 4 heterocycles. The van der Waals surface area contributed by atoms with Crippen LogP contribution in [0.2, 0.25) is 0 Å². The average molecular weight is 403 g/mol. The summed E-state index contributed by atoms with van der Waals surface area (Å²) in [5.41, 5.74) is 2.53. The fourth-order valence-electron chi connectivity index (χ4n) is 3.25. The summed E-state index contributed by atoms with van der Waals surface area (Å²) in [5.74, 6) is 1.69. The quantitative estimate of drug-likeness (QED) is 0.519. The monoisotopic (exact) mass is 403 g/mol. The molecule has 0 aliphatic carbocycles. The predicted molar refractivity (Wildman–Crippen MR) is 108 cm³/mol. The van der Waals surface area contributed by atoms with Gasteiger partial charge in [0.05, 0.1) is 12.8 Å². The van der Waals surface area contributed by atoms with Gasteiger partial charge < -0.3 is 19.5 Å². The smallest absolute Gasteiger partial charge is 0.341 e. The molecule has 1 aromatic carbocycles. The number of carbonyl (C=O) groups is 1. The Balaban J connectivity index is 1.59. The molecule has 0 unspecified atom stereocenters. The lowest BCUT2D eigenvalue weighted by Crippen LogP contribution is -2.15. The van der Waals surface area contributed by atoms with Crippen molar-refractivity contribution in [2.45, 2.75) is 0 Å². The number of aromatic nitrogens is 4. The summed E-state index contributed by atoms with van der Waals surface area (Å²) in [6, 6.07) is 10.8. The van der Waals surface area contributed by atoms with Gasteiger partial charge in [0.25, 0.3) is 0 Å². The number of hydrogen-bond donors (Lipinski definition) is 1. The number of anilines is 2. The molecule has 30 heavy (non-hydrogen) atoms. The molecule has 0 radical (unpaired) electrons. The molecule has 9 nitrogen and oxygen atoms in total. The molecule has 1 N–H and O–H groups in total. The van der Waals surface area contributed by atoms with Gasteiger partial charge in [0.1, 0.15) is 30.2 Å². The summed E-state index contributed by atoms with van der Waals surface area (Å²) >= 11 is 0. The molecule has 0 amide bonds. The highest BCUT2D eigenvalue weighted by atomic mass is 16.6. The van der Waals surface area contributed by atoms with E-state index in [9.17, 15) is 4.79 Å². The van der Waals surface area contributed by atoms with Crippen LogP contribution in [0.4, 0.5) is 11.8 Å². The summed E-state index contributed by atoms with van der Waals surface area (Å²) in [4.78, 5) is 25.5. The normalized spacial score (nSPS) is 12.6. The lowest BCUT2D eigenvalue weighted by Gasteiger charge is -2.19. The Morgan fingerprint density at radius 2 is 1.97 bits per heavy atom. The maximum absolute atomic E-state index is 12.1. The second-order valence-electron chi connectivity index (χ2n) is 6.50. The van der Waals surface area contributed by atoms with Crippen molar-refractivity contribution in [3.05, 3.63) is 60.6 Å². The lowest BCUT2D eigenvalue weighted by atomic mass is 10.1. The number of nitrogens with zero attached hydrogens (tertiary/aromatic N) is 4. The molecular formula is C21H17N5O4. The van der Waals surface area contributed by atoms with E-state index in [1.807, 2.05) is 24.3 Å². The van der Waals surface area contributed by atoms with Crippen molar-refractivity contribution >= 4 is 23.4 Å². The Labute approximate surface area is 171 Å². The number of rotatable bonds is 4. The summed E-state index contributed by atoms with van der Waals surface area (Å²) in [6.07, 6.45) is 5.04. The van der Waals surface area contributed by atoms with E-state index in [1.54, 1.807) is 35.1 Å². The van der Waals surface area contributed by atoms with E-state index in [1.165, 1.54) is 7.11 Å². The minimum Gasteiger partial charge on any atom is -0.486 e. The third-order valence-corrected chi connectivity index (χ3v) is 4.67. The zero-order valence-electron chi connectivity index (χ0n) is 16.0. The zero-order valence-corrected chi connectivity index (χ0v) is 16.0. The maximum Gasteiger partial charge on any atom is 0.341 e. The van der Waals surface area contributed by atoms with Gasteiger partial charge in [0.2, 0.25) is 5.95 Å². The van der Waals surface area contributed by atoms with E-state index < -0.39 is 5.97 Å². The van der Waals surface area contributed by atoms with Gasteiger partial charge in [0.15, 0.2) is 11.5 Å². The minimum absolute atomic E-state index is 0.305. The van der Waals surface area contributed by atoms with Gasteiger partial charge in [-0.15, -0.1) is 0 Å². The number of carbonyl (C=O) groups excluding carboxylic acids is 1. The fourth-order valence-corrected chi connectivity index (χ4v) is 3.25. The van der Waals surface area contributed by atoms with Gasteiger partial charge in [-0.3, -0.25) is 4.40 Å². The van der Waals surface area contributed by atoms with Crippen LogP contribution in [-0.4, -0.2) is 45.6 Å². The highest BCUT2D eigenvalue weighted by molar-refractivity contribution is 5.95. The molecule has 0 atom stereocenters. The maximum atomic E-state index is 12.1. The van der Waals surface area contributed by atoms with E-state index in [4.69, 9.17) is 19.2 Å². The molecule has 0 bridgehead atoms. The molecule has 5 rings (SSSR count). The van der Waals surface area contributed by atoms with Crippen LogP contribution < -0.4 is 14.8 Å². The predicted octanol–water partition coefficient (Wildman–Crippen LogP) is 3.09. The highest BCUT2D eigenvalue weighted by Crippen LogP contribution is 2.34. The van der Waals surface area contributed by atoms with Crippen molar-refractivity contribution in [1.82, 2.24) is 19.4 Å². The van der Waals surface area contributed by atoms with E-state index in [0.29, 0.717) is 53.4 Å². The molecule has 0 spiro atoms. The van der Waals surface area contributed by atoms with Crippen LogP contribution in [0.5, 0.6) is 11.5 Å². The molecule has 1 aliphatic rings. The minimum atomic E-state index is -0.490. The van der Waals surface area contributed by atoms with Gasteiger partial charge in [0, 0.05) is 30.2 Å². The first-order valence-corrected chi connectivity index (χ1v) is 9.27. The van der Waals surface area contributed by atoms with Crippen molar-refractivity contribution in [1.29, 1.82) is 0 Å². The van der Waals surface area contributed by atoms with Crippen molar-refractivity contribution < 1.29 is 19.0 Å². The van der Waals surface area contributed by atoms with Crippen LogP contribution in [0.15, 0.2) is 55.0 Å². The van der Waals surface area contributed by atoms with Crippen molar-refractivity contribution in [2.75, 3.05) is 25.6 Å². The number of benzene rings is 1. The number of nitrogens with one attached hydrogen (secondary N) is 1. The van der Waals surface area contributed by atoms with Gasteiger partial charge in [-0.05, 0) is 30.3 Å². The Bertz CT molecular complexity index is 1250. The second-order valence-corrected chi connectivity index (χ2v) is 6.50. The summed E-state index contributed by atoms with van der Waals surface area (Å²) < 4.78 is 17.9. The van der Waals surface area contributed by atoms with Crippen LogP contribution in [0.3, 0.4) is 0 Å². The van der Waals surface area contributed by atoms with Gasteiger partial charge in [-0.1, -0.05) is 0 Å². The first kappa shape index (κ1) is 17.9. The number of hydrogen-bond acceptors (Lipinski definition) is 8. The van der Waals surface area contributed by atoms with Gasteiger partial charge in [-0.2, -0.15) is 0 Å². The van der Waals surface area contributed by atoms with E-state index in [-0.39, 0.29) is 0 Å². The Kier molecular flexibility index (Phi) is 4.40. The Morgan fingerprint density at radius 3 is 2.83 bits per heavy atom. The Hall–Kier alpha value is -4.14. The first-order valence-electron chi connectivity index (χ1n) is 9.27. The van der Waals surface area contributed by atoms with E-state index >= 15 is 0 Å². The van der Waals surface area contributed by atoms with Gasteiger partial charge >= 0.3 is 5.97 Å². The number of fused-ring (bicyclic) bond motifs is 2. The number of ether oxygens (including phenoxy) is 3. The van der Waals surface area contributed by atoms with Crippen LogP contribution in [0.1, 0.15) is 10.4 Å². The molecule has 1 aliphatic heterocycles. The lowest BCUT2D eigenvalue weighted by molar-refractivity contribution is 0.0601. The summed E-state index contributed by atoms with van der Waals surface area (Å²) in [5, 5.41) is 3.13. The van der Waals surface area contributed by atoms with E-state index in [2.05, 4.69) is 15.3 Å². The van der Waals surface area contributed by atoms with Gasteiger partial charge in [-0.25, -0.2) is 19.7 Å². The molecular weight excluding hydrogens is 386 g/mol. The standard InChI is InChI=1S/C21H17N5O4/c1-28-20(27)14-3-2-6-23-19(14)25-21-24-15(12-18-22-7-8-26(18)21)13-4-5-16-17(11-13)30-10-9-29-16/h2-8,11-12H,9-10H2,1H3,(H,23,24,25). The average Bonchev–Trinajstić information content (AvgIpc) is 3.28. The summed E-state index contributed by atoms with van der Waals surface area (Å²) in [7, 11) is 1.33. The third-order valence-electron chi connectivity index (χ3n) is 4.67. The first-order chi connectivity index (χ1) is 14.7. The van der Waals surface area contributed by atoms with Crippen LogP contribution >= 0.6 is 0 Å². The summed E-state index contributed by atoms with van der Waals surface area (Å²) in [6.45, 7) is 1.04. The molecule has 3 aromatic heterocycles. The number of pyridine rings is 1. The molecule has 150 valence electrons. The van der Waals surface area contributed by atoms with E-state index in [0.717, 1.165) is 5.56 Å². The van der Waals surface area contributed by atoms with Crippen molar-refractivity contribution in [3.8, 4) is 22.8 Å². The highest BCUT2D eigenvalue weighted by Gasteiger charge is 2.17. The largest absolute Gasteiger partial charge is 0.486 e. The molecule has 4 aromatic rings. The van der Waals surface area contributed by atoms with Crippen molar-refractivity contribution in [2.24, 2.45) is 0 Å². The number of imidazole rings is 1. The topological polar surface area (TPSA) is 99.9 Å². The molecule has 0 saturated heterocycles. The second kappa shape index (κ2) is 7.36. The zero-order chi connectivity index (χ0) is 20.5. The Morgan fingerprint density at radius 1 is 1.10 bits per heavy atom. The van der Waals surface area contributed by atoms with Crippen molar-refractivity contribution in [3.63, 3.8) is 0 Å². The molecule has 0 saturated carbocycles. The fraction of sp³-hybridized carbons (Fsp3) is 0.143. The molecule has 0 fully saturated rings. The third kappa shape index (κ3) is 3.16. The molecule has 9 heteroatoms. The van der Waals surface area contributed by atoms with Crippen LogP contribution in [0.25, 0.3) is 16.9 Å².